The molecule has 0 spiro atoms. The first-order valence-corrected chi connectivity index (χ1v) is 6.52. The van der Waals surface area contributed by atoms with E-state index in [1.54, 1.807) is 18.2 Å². The van der Waals surface area contributed by atoms with Gasteiger partial charge in [-0.2, -0.15) is 0 Å². The molecule has 0 fully saturated rings. The van der Waals surface area contributed by atoms with Crippen LogP contribution in [0.2, 0.25) is 0 Å². The number of nitrogens with one attached hydrogen (secondary N) is 1. The van der Waals surface area contributed by atoms with Crippen LogP contribution < -0.4 is 15.7 Å². The van der Waals surface area contributed by atoms with E-state index in [4.69, 9.17) is 15.5 Å². The van der Waals surface area contributed by atoms with Gasteiger partial charge in [0.1, 0.15) is 5.75 Å². The molecule has 6 nitrogen and oxygen atoms in total. The number of rotatable bonds is 10. The van der Waals surface area contributed by atoms with Gasteiger partial charge in [0, 0.05) is 6.42 Å². The van der Waals surface area contributed by atoms with Crippen LogP contribution in [-0.2, 0) is 4.79 Å². The smallest absolute Gasteiger partial charge is 0.392 e. The second-order valence-corrected chi connectivity index (χ2v) is 4.38. The molecule has 109 valence electrons. The van der Waals surface area contributed by atoms with E-state index in [9.17, 15) is 9.90 Å². The monoisotopic (exact) mass is 279 g/mol. The van der Waals surface area contributed by atoms with Gasteiger partial charge < -0.3 is 25.8 Å². The summed E-state index contributed by atoms with van der Waals surface area (Å²) >= 11 is 0. The Morgan fingerprint density at radius 2 is 2.30 bits per heavy atom. The minimum atomic E-state index is -0.628. The molecule has 1 aromatic rings. The molecule has 0 aliphatic carbocycles. The third kappa shape index (κ3) is 6.56. The van der Waals surface area contributed by atoms with Crippen LogP contribution in [0, 0.1) is 0 Å². The topological polar surface area (TPSA) is 105 Å². The summed E-state index contributed by atoms with van der Waals surface area (Å²) in [4.78, 5) is 10.6. The summed E-state index contributed by atoms with van der Waals surface area (Å²) in [6.07, 6.45) is 0.711. The Bertz CT molecular complexity index is 417. The number of hydrogen-bond acceptors (Lipinski definition) is 5. The summed E-state index contributed by atoms with van der Waals surface area (Å²) in [7, 11) is 0.852. The van der Waals surface area contributed by atoms with Gasteiger partial charge in [-0.05, 0) is 37.1 Å². The van der Waals surface area contributed by atoms with Crippen LogP contribution in [0.15, 0.2) is 24.3 Å². The van der Waals surface area contributed by atoms with Crippen molar-refractivity contribution in [2.24, 2.45) is 5.73 Å². The lowest BCUT2D eigenvalue weighted by Crippen LogP contribution is -2.21. The third-order valence-corrected chi connectivity index (χ3v) is 2.73. The number of benzene rings is 1. The molecule has 20 heavy (non-hydrogen) atoms. The first-order valence-electron chi connectivity index (χ1n) is 6.52. The van der Waals surface area contributed by atoms with Gasteiger partial charge in [-0.25, -0.2) is 0 Å². The maximum absolute atomic E-state index is 10.6. The number of carbonyl (C=O) groups excluding carboxylic acids is 1. The fourth-order valence-corrected chi connectivity index (χ4v) is 1.70. The average molecular weight is 279 g/mol. The first kappa shape index (κ1) is 16.5. The van der Waals surface area contributed by atoms with Crippen molar-refractivity contribution in [2.75, 3.05) is 13.2 Å². The van der Waals surface area contributed by atoms with Crippen molar-refractivity contribution >= 4 is 13.5 Å². The zero-order chi connectivity index (χ0) is 14.8. The van der Waals surface area contributed by atoms with E-state index in [0.29, 0.717) is 38.2 Å². The molecule has 1 radical (unpaired) electrons. The average Bonchev–Trinajstić information content (AvgIpc) is 2.44. The summed E-state index contributed by atoms with van der Waals surface area (Å²) in [6, 6.07) is 7.16. The van der Waals surface area contributed by atoms with Gasteiger partial charge in [0.15, 0.2) is 0 Å². The summed E-state index contributed by atoms with van der Waals surface area (Å²) < 4.78 is 5.49. The molecule has 0 saturated heterocycles. The normalized spacial score (nSPS) is 11.9. The van der Waals surface area contributed by atoms with E-state index in [-0.39, 0.29) is 5.91 Å². The van der Waals surface area contributed by atoms with Crippen LogP contribution >= 0.6 is 0 Å². The zero-order valence-corrected chi connectivity index (χ0v) is 11.3. The zero-order valence-electron chi connectivity index (χ0n) is 11.3. The van der Waals surface area contributed by atoms with E-state index < -0.39 is 6.10 Å². The molecule has 1 amide bonds. The van der Waals surface area contributed by atoms with Crippen LogP contribution in [0.4, 0.5) is 0 Å². The summed E-state index contributed by atoms with van der Waals surface area (Å²) in [5, 5.41) is 21.1. The minimum absolute atomic E-state index is 0.297. The molecular weight excluding hydrogens is 259 g/mol. The highest BCUT2D eigenvalue weighted by molar-refractivity contribution is 6.21. The van der Waals surface area contributed by atoms with Crippen molar-refractivity contribution in [1.82, 2.24) is 5.23 Å². The van der Waals surface area contributed by atoms with Crippen molar-refractivity contribution in [1.29, 1.82) is 0 Å². The van der Waals surface area contributed by atoms with Gasteiger partial charge in [-0.1, -0.05) is 12.1 Å². The van der Waals surface area contributed by atoms with E-state index in [2.05, 4.69) is 5.23 Å². The van der Waals surface area contributed by atoms with Gasteiger partial charge in [0.05, 0.1) is 12.7 Å². The number of primary amides is 1. The lowest BCUT2D eigenvalue weighted by Gasteiger charge is -2.13. The molecule has 0 heterocycles. The Morgan fingerprint density at radius 1 is 1.50 bits per heavy atom. The Balaban J connectivity index is 2.42. The van der Waals surface area contributed by atoms with Crippen molar-refractivity contribution < 1.29 is 19.7 Å². The third-order valence-electron chi connectivity index (χ3n) is 2.73. The van der Waals surface area contributed by atoms with Crippen molar-refractivity contribution in [3.05, 3.63) is 29.8 Å². The molecule has 7 heteroatoms. The molecule has 1 aromatic carbocycles. The summed E-state index contributed by atoms with van der Waals surface area (Å²) in [5.74, 6) is 0.304. The number of ether oxygens (including phenoxy) is 1. The van der Waals surface area contributed by atoms with Crippen LogP contribution in [0.5, 0.6) is 5.75 Å². The Hall–Kier alpha value is -1.57. The molecule has 0 aliphatic heterocycles. The molecular formula is C13H20BN2O4. The predicted molar refractivity (Wildman–Crippen MR) is 75.9 cm³/mol. The Labute approximate surface area is 119 Å². The first-order chi connectivity index (χ1) is 9.63. The Morgan fingerprint density at radius 3 is 3.00 bits per heavy atom. The van der Waals surface area contributed by atoms with Gasteiger partial charge in [-0.3, -0.25) is 4.79 Å². The van der Waals surface area contributed by atoms with Crippen molar-refractivity contribution in [3.8, 4) is 5.75 Å². The minimum Gasteiger partial charge on any atom is -0.494 e. The highest BCUT2D eigenvalue weighted by Crippen LogP contribution is 2.21. The van der Waals surface area contributed by atoms with Crippen LogP contribution in [0.1, 0.15) is 30.9 Å². The second-order valence-electron chi connectivity index (χ2n) is 4.38. The van der Waals surface area contributed by atoms with Gasteiger partial charge in [-0.15, -0.1) is 0 Å². The van der Waals surface area contributed by atoms with E-state index in [1.807, 2.05) is 6.07 Å². The lowest BCUT2D eigenvalue weighted by molar-refractivity contribution is -0.118. The summed E-state index contributed by atoms with van der Waals surface area (Å²) in [6.45, 7) is 0.880. The van der Waals surface area contributed by atoms with Crippen molar-refractivity contribution in [3.63, 3.8) is 0 Å². The second kappa shape index (κ2) is 9.36. The molecule has 0 aliphatic rings. The number of hydrogen-bond donors (Lipinski definition) is 4. The summed E-state index contributed by atoms with van der Waals surface area (Å²) in [5.41, 5.74) is 5.79. The van der Waals surface area contributed by atoms with E-state index in [0.717, 1.165) is 13.2 Å². The van der Waals surface area contributed by atoms with E-state index >= 15 is 0 Å². The van der Waals surface area contributed by atoms with Crippen LogP contribution in [0.25, 0.3) is 0 Å². The van der Waals surface area contributed by atoms with Crippen LogP contribution in [0.3, 0.4) is 0 Å². The highest BCUT2D eigenvalue weighted by Gasteiger charge is 2.08. The number of aliphatic hydroxyl groups excluding tert-OH is 1. The molecule has 1 rings (SSSR count). The van der Waals surface area contributed by atoms with Crippen molar-refractivity contribution in [2.45, 2.75) is 25.4 Å². The quantitative estimate of drug-likeness (QED) is 0.353. The number of nitrogens with two attached hydrogens (primary N) is 1. The number of amides is 1. The van der Waals surface area contributed by atoms with E-state index in [1.165, 1.54) is 0 Å². The molecule has 1 atom stereocenters. The lowest BCUT2D eigenvalue weighted by atomic mass is 10.1. The SMILES string of the molecule is NC(=O)CCCOc1cccc(C(O)CCN[B]O)c1. The molecule has 1 unspecified atom stereocenters. The standard InChI is InChI=1S/C13H20BN2O4/c15-13(18)5-2-8-20-11-4-1-3-10(9-11)12(17)6-7-16-14-19/h1,3-4,9,12,16-17,19H,2,5-8H2,(H2,15,18). The predicted octanol–water partition coefficient (Wildman–Crippen LogP) is -0.130. The van der Waals surface area contributed by atoms with Gasteiger partial charge >= 0.3 is 7.62 Å². The van der Waals surface area contributed by atoms with Gasteiger partial charge in [0.2, 0.25) is 5.91 Å². The molecule has 5 N–H and O–H groups in total. The fourth-order valence-electron chi connectivity index (χ4n) is 1.70. The maximum Gasteiger partial charge on any atom is 0.392 e. The van der Waals surface area contributed by atoms with Gasteiger partial charge in [0.25, 0.3) is 0 Å². The van der Waals surface area contributed by atoms with Crippen LogP contribution in [-0.4, -0.2) is 36.8 Å². The number of carbonyl (C=O) groups is 1. The highest BCUT2D eigenvalue weighted by atomic mass is 16.5. The molecule has 0 bridgehead atoms. The Kier molecular flexibility index (Phi) is 7.71. The largest absolute Gasteiger partial charge is 0.494 e. The maximum atomic E-state index is 10.6. The fraction of sp³-hybridized carbons (Fsp3) is 0.462. The number of aliphatic hydroxyl groups is 1. The molecule has 0 aromatic heterocycles. The molecule has 0 saturated carbocycles.